The maximum Gasteiger partial charge on any atom is 0.0391 e. The Bertz CT molecular complexity index is 596. The fourth-order valence-corrected chi connectivity index (χ4v) is 5.00. The van der Waals surface area contributed by atoms with Crippen molar-refractivity contribution in [3.05, 3.63) is 55.7 Å². The van der Waals surface area contributed by atoms with Gasteiger partial charge in [0.15, 0.2) is 0 Å². The van der Waals surface area contributed by atoms with Crippen molar-refractivity contribution < 1.29 is 0 Å². The van der Waals surface area contributed by atoms with Crippen LogP contribution in [-0.2, 0) is 12.8 Å². The highest BCUT2D eigenvalue weighted by molar-refractivity contribution is 9.10. The van der Waals surface area contributed by atoms with E-state index in [0.717, 1.165) is 0 Å². The molecule has 1 aromatic carbocycles. The lowest BCUT2D eigenvalue weighted by Crippen LogP contribution is -2.22. The summed E-state index contributed by atoms with van der Waals surface area (Å²) in [5.41, 5.74) is 2.93. The topological polar surface area (TPSA) is 12.0 Å². The normalized spacial score (nSPS) is 17.3. The van der Waals surface area contributed by atoms with E-state index in [0.29, 0.717) is 12.1 Å². The van der Waals surface area contributed by atoms with E-state index in [1.807, 2.05) is 11.3 Å². The molecule has 0 bridgehead atoms. The molecular formula is C18H22BrNS. The van der Waals surface area contributed by atoms with Gasteiger partial charge in [0.05, 0.1) is 0 Å². The van der Waals surface area contributed by atoms with Crippen LogP contribution in [0.5, 0.6) is 0 Å². The number of rotatable bonds is 4. The lowest BCUT2D eigenvalue weighted by Gasteiger charge is -2.20. The molecule has 0 fully saturated rings. The molecule has 3 rings (SSSR count). The molecule has 1 nitrogen and oxygen atoms in total. The smallest absolute Gasteiger partial charge is 0.0391 e. The fraction of sp³-hybridized carbons (Fsp3) is 0.444. The molecule has 112 valence electrons. The van der Waals surface area contributed by atoms with Crippen molar-refractivity contribution in [3.63, 3.8) is 0 Å². The molecule has 1 aromatic heterocycles. The van der Waals surface area contributed by atoms with Gasteiger partial charge in [-0.25, -0.2) is 0 Å². The molecular weight excluding hydrogens is 342 g/mol. The van der Waals surface area contributed by atoms with Crippen LogP contribution in [0.2, 0.25) is 0 Å². The largest absolute Gasteiger partial charge is 0.303 e. The standard InChI is InChI=1S/C18H22BrNS/c1-12(15-8-4-5-9-16(15)19)20-13(2)18-11-14-7-3-6-10-17(14)21-18/h4-5,8-9,11-13,20H,3,6-7,10H2,1-2H3/t12-,13?/m1/s1. The van der Waals surface area contributed by atoms with E-state index in [9.17, 15) is 0 Å². The first-order chi connectivity index (χ1) is 10.1. The summed E-state index contributed by atoms with van der Waals surface area (Å²) < 4.78 is 1.18. The second-order valence-corrected chi connectivity index (χ2v) is 7.96. The molecule has 1 aliphatic rings. The van der Waals surface area contributed by atoms with Crippen molar-refractivity contribution in [1.29, 1.82) is 0 Å². The number of halogens is 1. The fourth-order valence-electron chi connectivity index (χ4n) is 3.10. The van der Waals surface area contributed by atoms with E-state index in [1.54, 1.807) is 10.4 Å². The Morgan fingerprint density at radius 2 is 1.86 bits per heavy atom. The van der Waals surface area contributed by atoms with E-state index in [2.05, 4.69) is 65.4 Å². The van der Waals surface area contributed by atoms with Gasteiger partial charge in [-0.05, 0) is 62.8 Å². The van der Waals surface area contributed by atoms with Gasteiger partial charge in [0.25, 0.3) is 0 Å². The van der Waals surface area contributed by atoms with E-state index in [-0.39, 0.29) is 0 Å². The third kappa shape index (κ3) is 3.41. The third-order valence-electron chi connectivity index (χ3n) is 4.31. The first kappa shape index (κ1) is 15.3. The summed E-state index contributed by atoms with van der Waals surface area (Å²) in [6, 6.07) is 11.7. The molecule has 1 unspecified atom stereocenters. The highest BCUT2D eigenvalue weighted by atomic mass is 79.9. The zero-order chi connectivity index (χ0) is 14.8. The van der Waals surface area contributed by atoms with Crippen molar-refractivity contribution >= 4 is 27.3 Å². The lowest BCUT2D eigenvalue weighted by atomic mass is 9.99. The zero-order valence-electron chi connectivity index (χ0n) is 12.7. The first-order valence-electron chi connectivity index (χ1n) is 7.77. The lowest BCUT2D eigenvalue weighted by molar-refractivity contribution is 0.498. The number of hydrogen-bond donors (Lipinski definition) is 1. The number of fused-ring (bicyclic) bond motifs is 1. The van der Waals surface area contributed by atoms with E-state index >= 15 is 0 Å². The number of nitrogens with one attached hydrogen (secondary N) is 1. The number of benzene rings is 1. The number of aryl methyl sites for hydroxylation is 2. The first-order valence-corrected chi connectivity index (χ1v) is 9.38. The molecule has 21 heavy (non-hydrogen) atoms. The summed E-state index contributed by atoms with van der Waals surface area (Å²) in [5, 5.41) is 3.74. The number of thiophene rings is 1. The minimum atomic E-state index is 0.342. The molecule has 2 atom stereocenters. The maximum atomic E-state index is 3.74. The molecule has 1 heterocycles. The monoisotopic (exact) mass is 363 g/mol. The van der Waals surface area contributed by atoms with Crippen molar-refractivity contribution in [3.8, 4) is 0 Å². The van der Waals surface area contributed by atoms with Gasteiger partial charge in [-0.1, -0.05) is 34.1 Å². The Balaban J connectivity index is 1.72. The average Bonchev–Trinajstić information content (AvgIpc) is 2.91. The molecule has 1 N–H and O–H groups in total. The SMILES string of the molecule is CC(N[C@H](C)c1ccccc1Br)c1cc2c(s1)CCCC2. The van der Waals surface area contributed by atoms with Gasteiger partial charge in [0.1, 0.15) is 0 Å². The summed E-state index contributed by atoms with van der Waals surface area (Å²) in [4.78, 5) is 3.11. The van der Waals surface area contributed by atoms with Crippen LogP contribution in [0.1, 0.15) is 59.7 Å². The average molecular weight is 364 g/mol. The Morgan fingerprint density at radius 3 is 2.62 bits per heavy atom. The zero-order valence-corrected chi connectivity index (χ0v) is 15.1. The van der Waals surface area contributed by atoms with Crippen molar-refractivity contribution in [1.82, 2.24) is 5.32 Å². The van der Waals surface area contributed by atoms with Crippen molar-refractivity contribution in [2.24, 2.45) is 0 Å². The van der Waals surface area contributed by atoms with Gasteiger partial charge in [-0.2, -0.15) is 0 Å². The summed E-state index contributed by atoms with van der Waals surface area (Å²) >= 11 is 5.66. The van der Waals surface area contributed by atoms with Crippen LogP contribution in [0, 0.1) is 0 Å². The quantitative estimate of drug-likeness (QED) is 0.723. The second-order valence-electron chi connectivity index (χ2n) is 5.94. The Hall–Kier alpha value is -0.640. The van der Waals surface area contributed by atoms with Gasteiger partial charge in [-0.15, -0.1) is 11.3 Å². The van der Waals surface area contributed by atoms with E-state index in [4.69, 9.17) is 0 Å². The van der Waals surface area contributed by atoms with Gasteiger partial charge in [-0.3, -0.25) is 0 Å². The molecule has 0 amide bonds. The third-order valence-corrected chi connectivity index (χ3v) is 6.46. The van der Waals surface area contributed by atoms with Crippen LogP contribution >= 0.6 is 27.3 Å². The minimum absolute atomic E-state index is 0.342. The van der Waals surface area contributed by atoms with E-state index < -0.39 is 0 Å². The highest BCUT2D eigenvalue weighted by Gasteiger charge is 2.18. The Kier molecular flexibility index (Phi) is 4.82. The predicted octanol–water partition coefficient (Wildman–Crippen LogP) is 5.80. The second kappa shape index (κ2) is 6.64. The van der Waals surface area contributed by atoms with Crippen LogP contribution in [0.15, 0.2) is 34.8 Å². The van der Waals surface area contributed by atoms with Crippen LogP contribution < -0.4 is 5.32 Å². The van der Waals surface area contributed by atoms with Gasteiger partial charge in [0, 0.05) is 26.3 Å². The van der Waals surface area contributed by atoms with Crippen LogP contribution in [-0.4, -0.2) is 0 Å². The van der Waals surface area contributed by atoms with Gasteiger partial charge < -0.3 is 5.32 Å². The molecule has 0 saturated carbocycles. The number of hydrogen-bond acceptors (Lipinski definition) is 2. The van der Waals surface area contributed by atoms with Crippen LogP contribution in [0.3, 0.4) is 0 Å². The minimum Gasteiger partial charge on any atom is -0.303 e. The van der Waals surface area contributed by atoms with Gasteiger partial charge >= 0.3 is 0 Å². The predicted molar refractivity (Wildman–Crippen MR) is 95.1 cm³/mol. The Labute approximate surface area is 139 Å². The molecule has 0 saturated heterocycles. The summed E-state index contributed by atoms with van der Waals surface area (Å²) in [6.45, 7) is 4.52. The molecule has 0 radical (unpaired) electrons. The summed E-state index contributed by atoms with van der Waals surface area (Å²) in [7, 11) is 0. The van der Waals surface area contributed by atoms with Crippen molar-refractivity contribution in [2.45, 2.75) is 51.6 Å². The Morgan fingerprint density at radius 1 is 1.10 bits per heavy atom. The maximum absolute atomic E-state index is 3.74. The van der Waals surface area contributed by atoms with E-state index in [1.165, 1.54) is 40.6 Å². The molecule has 3 heteroatoms. The summed E-state index contributed by atoms with van der Waals surface area (Å²) in [6.07, 6.45) is 5.28. The molecule has 1 aliphatic carbocycles. The molecule has 0 aliphatic heterocycles. The van der Waals surface area contributed by atoms with Crippen LogP contribution in [0.25, 0.3) is 0 Å². The summed E-state index contributed by atoms with van der Waals surface area (Å²) in [5.74, 6) is 0. The van der Waals surface area contributed by atoms with Gasteiger partial charge in [0.2, 0.25) is 0 Å². The van der Waals surface area contributed by atoms with Crippen molar-refractivity contribution in [2.75, 3.05) is 0 Å². The molecule has 0 spiro atoms. The van der Waals surface area contributed by atoms with Crippen LogP contribution in [0.4, 0.5) is 0 Å². The molecule has 2 aromatic rings. The highest BCUT2D eigenvalue weighted by Crippen LogP contribution is 2.34.